The molecule has 0 atom stereocenters. The fourth-order valence-electron chi connectivity index (χ4n) is 6.40. The number of phenols is 1. The number of aromatic hydroxyl groups is 1. The fraction of sp³-hybridized carbons (Fsp3) is 0.265. The number of rotatable bonds is 7. The highest BCUT2D eigenvalue weighted by Gasteiger charge is 2.36. The molecule has 0 spiro atoms. The molecule has 2 fully saturated rings. The van der Waals surface area contributed by atoms with Crippen molar-refractivity contribution < 1.29 is 13.5 Å². The Morgan fingerprint density at radius 3 is 1.93 bits per heavy atom. The van der Waals surface area contributed by atoms with E-state index >= 15 is 0 Å². The molecule has 1 saturated heterocycles. The Bertz CT molecular complexity index is 1850. The number of aromatic nitrogens is 2. The predicted molar refractivity (Wildman–Crippen MR) is 171 cm³/mol. The Morgan fingerprint density at radius 1 is 0.767 bits per heavy atom. The van der Waals surface area contributed by atoms with E-state index in [1.807, 2.05) is 24.3 Å². The maximum atomic E-state index is 13.4. The monoisotopic (exact) mass is 631 g/mol. The summed E-state index contributed by atoms with van der Waals surface area (Å²) < 4.78 is 30.4. The maximum Gasteiger partial charge on any atom is 0.246 e. The maximum absolute atomic E-state index is 13.4. The lowest BCUT2D eigenvalue weighted by Gasteiger charge is -2.32. The van der Waals surface area contributed by atoms with E-state index in [1.165, 1.54) is 22.1 Å². The van der Waals surface area contributed by atoms with Crippen LogP contribution in [0.15, 0.2) is 95.9 Å². The Balaban J connectivity index is 1.26. The van der Waals surface area contributed by atoms with Gasteiger partial charge in [0.15, 0.2) is 0 Å². The van der Waals surface area contributed by atoms with Crippen LogP contribution in [0.4, 0.5) is 0 Å². The third kappa shape index (κ3) is 5.44. The van der Waals surface area contributed by atoms with Crippen molar-refractivity contribution in [2.75, 3.05) is 13.1 Å². The van der Waals surface area contributed by atoms with Gasteiger partial charge in [-0.25, -0.2) is 8.42 Å². The minimum absolute atomic E-state index is 0.0263. The molecule has 0 bridgehead atoms. The van der Waals surface area contributed by atoms with Gasteiger partial charge >= 0.3 is 0 Å². The summed E-state index contributed by atoms with van der Waals surface area (Å²) >= 11 is 12.5. The van der Waals surface area contributed by atoms with E-state index in [1.54, 1.807) is 12.1 Å². The van der Waals surface area contributed by atoms with Crippen LogP contribution in [0.1, 0.15) is 65.9 Å². The molecule has 1 saturated carbocycles. The van der Waals surface area contributed by atoms with E-state index in [-0.39, 0.29) is 22.5 Å². The largest absolute Gasteiger partial charge is 0.507 e. The van der Waals surface area contributed by atoms with E-state index in [0.29, 0.717) is 42.0 Å². The minimum Gasteiger partial charge on any atom is -0.507 e. The second kappa shape index (κ2) is 11.3. The van der Waals surface area contributed by atoms with E-state index in [9.17, 15) is 13.5 Å². The zero-order valence-electron chi connectivity index (χ0n) is 23.4. The van der Waals surface area contributed by atoms with Crippen LogP contribution in [-0.2, 0) is 10.0 Å². The summed E-state index contributed by atoms with van der Waals surface area (Å²) in [6.45, 7) is 0.771. The second-order valence-electron chi connectivity index (χ2n) is 11.5. The van der Waals surface area contributed by atoms with Gasteiger partial charge in [-0.3, -0.25) is 4.68 Å². The number of para-hydroxylation sites is 1. The zero-order chi connectivity index (χ0) is 29.7. The molecule has 1 aliphatic carbocycles. The molecule has 0 unspecified atom stereocenters. The van der Waals surface area contributed by atoms with Gasteiger partial charge in [0.05, 0.1) is 11.6 Å². The van der Waals surface area contributed by atoms with Crippen molar-refractivity contribution in [3.8, 4) is 5.75 Å². The number of phenolic OH excluding ortho intramolecular Hbond substituents is 1. The minimum atomic E-state index is -3.78. The third-order valence-electron chi connectivity index (χ3n) is 8.72. The summed E-state index contributed by atoms with van der Waals surface area (Å²) in [7, 11) is -3.78. The highest BCUT2D eigenvalue weighted by Crippen LogP contribution is 2.44. The zero-order valence-corrected chi connectivity index (χ0v) is 25.7. The van der Waals surface area contributed by atoms with Crippen molar-refractivity contribution in [3.63, 3.8) is 0 Å². The standard InChI is InChI=1S/C34H31Cl2N3O3S/c35-26-10-5-22(6-11-26)33(23-7-12-27(36)13-8-23)25-9-16-30-29(21-25)34(39(37-30)28-14-15-28)24-17-19-38(20-18-24)43(41,42)32-4-2-1-3-31(32)40/h1-13,16,21,24,28,33,40H,14-15,17-20H2. The molecule has 7 rings (SSSR count). The van der Waals surface area contributed by atoms with Gasteiger partial charge in [-0.1, -0.05) is 65.7 Å². The van der Waals surface area contributed by atoms with Gasteiger partial charge in [0, 0.05) is 46.1 Å². The topological polar surface area (TPSA) is 75.4 Å². The van der Waals surface area contributed by atoms with Crippen molar-refractivity contribution in [1.82, 2.24) is 14.1 Å². The van der Waals surface area contributed by atoms with Crippen molar-refractivity contribution in [2.45, 2.75) is 48.5 Å². The van der Waals surface area contributed by atoms with Crippen LogP contribution in [-0.4, -0.2) is 40.7 Å². The first-order valence-corrected chi connectivity index (χ1v) is 16.8. The smallest absolute Gasteiger partial charge is 0.246 e. The average molecular weight is 633 g/mol. The van der Waals surface area contributed by atoms with Gasteiger partial charge in [0.1, 0.15) is 10.6 Å². The van der Waals surface area contributed by atoms with Crippen LogP contribution in [0.2, 0.25) is 10.0 Å². The Morgan fingerprint density at radius 2 is 1.35 bits per heavy atom. The van der Waals surface area contributed by atoms with Crippen molar-refractivity contribution in [3.05, 3.63) is 123 Å². The van der Waals surface area contributed by atoms with Crippen molar-refractivity contribution in [1.29, 1.82) is 0 Å². The number of hydrogen-bond acceptors (Lipinski definition) is 4. The first-order valence-electron chi connectivity index (χ1n) is 14.6. The van der Waals surface area contributed by atoms with Gasteiger partial charge in [0.25, 0.3) is 0 Å². The molecule has 1 aromatic heterocycles. The number of piperidine rings is 1. The predicted octanol–water partition coefficient (Wildman–Crippen LogP) is 8.13. The number of benzene rings is 4. The van der Waals surface area contributed by atoms with Gasteiger partial charge in [-0.05, 0) is 90.9 Å². The van der Waals surface area contributed by atoms with E-state index in [4.69, 9.17) is 28.3 Å². The molecule has 0 amide bonds. The molecule has 1 N–H and O–H groups in total. The van der Waals surface area contributed by atoms with Gasteiger partial charge in [-0.2, -0.15) is 9.40 Å². The molecule has 1 aliphatic heterocycles. The van der Waals surface area contributed by atoms with Crippen LogP contribution < -0.4 is 0 Å². The number of halogens is 2. The molecule has 5 aromatic rings. The summed E-state index contributed by atoms with van der Waals surface area (Å²) in [5.74, 6) is -0.0753. The van der Waals surface area contributed by atoms with Gasteiger partial charge in [-0.15, -0.1) is 0 Å². The van der Waals surface area contributed by atoms with Crippen LogP contribution in [0, 0.1) is 0 Å². The van der Waals surface area contributed by atoms with E-state index in [0.717, 1.165) is 40.4 Å². The molecule has 6 nitrogen and oxygen atoms in total. The molecule has 2 heterocycles. The van der Waals surface area contributed by atoms with E-state index < -0.39 is 10.0 Å². The molecule has 9 heteroatoms. The second-order valence-corrected chi connectivity index (χ2v) is 14.3. The van der Waals surface area contributed by atoms with Gasteiger partial charge in [0.2, 0.25) is 10.0 Å². The van der Waals surface area contributed by atoms with Crippen LogP contribution in [0.5, 0.6) is 5.75 Å². The lowest BCUT2D eigenvalue weighted by Crippen LogP contribution is -2.38. The Labute approximate surface area is 261 Å². The molecule has 2 aliphatic rings. The summed E-state index contributed by atoms with van der Waals surface area (Å²) in [6.07, 6.45) is 3.57. The average Bonchev–Trinajstić information content (AvgIpc) is 3.79. The third-order valence-corrected chi connectivity index (χ3v) is 11.2. The summed E-state index contributed by atoms with van der Waals surface area (Å²) in [6, 6.07) is 29.1. The summed E-state index contributed by atoms with van der Waals surface area (Å²) in [4.78, 5) is -0.0398. The highest BCUT2D eigenvalue weighted by molar-refractivity contribution is 7.89. The number of sulfonamides is 1. The highest BCUT2D eigenvalue weighted by atomic mass is 35.5. The number of hydrogen-bond donors (Lipinski definition) is 1. The molecular weight excluding hydrogens is 601 g/mol. The van der Waals surface area contributed by atoms with Gasteiger partial charge < -0.3 is 5.11 Å². The lowest BCUT2D eigenvalue weighted by atomic mass is 9.84. The van der Waals surface area contributed by atoms with Crippen LogP contribution >= 0.6 is 23.2 Å². The quantitative estimate of drug-likeness (QED) is 0.184. The molecule has 220 valence electrons. The van der Waals surface area contributed by atoms with Crippen LogP contribution in [0.3, 0.4) is 0 Å². The number of nitrogens with zero attached hydrogens (tertiary/aromatic N) is 3. The molecular formula is C34H31Cl2N3O3S. The summed E-state index contributed by atoms with van der Waals surface area (Å²) in [5.41, 5.74) is 5.56. The Kier molecular flexibility index (Phi) is 7.46. The fourth-order valence-corrected chi connectivity index (χ4v) is 8.20. The van der Waals surface area contributed by atoms with Crippen LogP contribution in [0.25, 0.3) is 10.9 Å². The van der Waals surface area contributed by atoms with Crippen molar-refractivity contribution in [2.24, 2.45) is 0 Å². The molecule has 0 radical (unpaired) electrons. The molecule has 4 aromatic carbocycles. The lowest BCUT2D eigenvalue weighted by molar-refractivity contribution is 0.310. The molecule has 43 heavy (non-hydrogen) atoms. The number of fused-ring (bicyclic) bond motifs is 1. The van der Waals surface area contributed by atoms with Crippen molar-refractivity contribution >= 4 is 44.1 Å². The normalized spacial score (nSPS) is 16.7. The first-order chi connectivity index (χ1) is 20.8. The SMILES string of the molecule is O=S(=O)(c1ccccc1O)N1CCC(c2c3cc(C(c4ccc(Cl)cc4)c4ccc(Cl)cc4)ccc3nn2C2CC2)CC1. The van der Waals surface area contributed by atoms with E-state index in [2.05, 4.69) is 47.1 Å². The Hall–Kier alpha value is -3.36. The summed E-state index contributed by atoms with van der Waals surface area (Å²) in [5, 5.41) is 17.8. The first kappa shape index (κ1) is 28.4.